The van der Waals surface area contributed by atoms with Crippen molar-refractivity contribution in [1.82, 2.24) is 10.3 Å². The maximum atomic E-state index is 13.1. The highest BCUT2D eigenvalue weighted by Crippen LogP contribution is 2.25. The Kier molecular flexibility index (Phi) is 7.36. The van der Waals surface area contributed by atoms with E-state index in [1.807, 2.05) is 24.3 Å². The first kappa shape index (κ1) is 20.9. The van der Waals surface area contributed by atoms with Crippen LogP contribution in [-0.2, 0) is 0 Å². The van der Waals surface area contributed by atoms with Gasteiger partial charge in [-0.25, -0.2) is 4.39 Å². The maximum absolute atomic E-state index is 13.1. The summed E-state index contributed by atoms with van der Waals surface area (Å²) >= 11 is 0. The number of halogens is 2. The van der Waals surface area contributed by atoms with Crippen molar-refractivity contribution < 1.29 is 9.18 Å². The van der Waals surface area contributed by atoms with E-state index in [-0.39, 0.29) is 30.2 Å². The number of carbonyl (C=O) groups is 1. The molecule has 5 nitrogen and oxygen atoms in total. The minimum Gasteiger partial charge on any atom is -0.351 e. The average Bonchev–Trinajstić information content (AvgIpc) is 3.08. The Morgan fingerprint density at radius 2 is 1.81 bits per heavy atom. The summed E-state index contributed by atoms with van der Waals surface area (Å²) in [6, 6.07) is 13.9. The lowest BCUT2D eigenvalue weighted by atomic mass is 10.0. The molecule has 1 amide bonds. The summed E-state index contributed by atoms with van der Waals surface area (Å²) in [6.07, 6.45) is 1.63. The second-order valence-corrected chi connectivity index (χ2v) is 6.39. The van der Waals surface area contributed by atoms with Gasteiger partial charge in [-0.05, 0) is 60.8 Å². The normalized spacial score (nSPS) is 11.8. The predicted molar refractivity (Wildman–Crippen MR) is 110 cm³/mol. The van der Waals surface area contributed by atoms with Crippen LogP contribution in [0.4, 0.5) is 4.39 Å². The van der Waals surface area contributed by atoms with Crippen LogP contribution in [-0.4, -0.2) is 30.0 Å². The lowest BCUT2D eigenvalue weighted by Gasteiger charge is -2.11. The number of aromatic amines is 1. The number of rotatable bonds is 7. The smallest absolute Gasteiger partial charge is 0.267 e. The van der Waals surface area contributed by atoms with E-state index in [0.717, 1.165) is 34.9 Å². The molecule has 144 valence electrons. The second kappa shape index (κ2) is 9.50. The molecule has 1 aromatic heterocycles. The van der Waals surface area contributed by atoms with Gasteiger partial charge in [-0.2, -0.15) is 0 Å². The van der Waals surface area contributed by atoms with Crippen molar-refractivity contribution in [3.63, 3.8) is 0 Å². The first-order valence-electron chi connectivity index (χ1n) is 8.69. The van der Waals surface area contributed by atoms with Gasteiger partial charge in [-0.1, -0.05) is 18.2 Å². The summed E-state index contributed by atoms with van der Waals surface area (Å²) < 4.78 is 13.1. The summed E-state index contributed by atoms with van der Waals surface area (Å²) in [5, 5.41) is 3.76. The van der Waals surface area contributed by atoms with Crippen molar-refractivity contribution >= 4 is 29.2 Å². The number of hydrogen-bond acceptors (Lipinski definition) is 3. The summed E-state index contributed by atoms with van der Waals surface area (Å²) in [7, 11) is 0. The molecule has 0 spiro atoms. The molecule has 0 radical (unpaired) electrons. The Morgan fingerprint density at radius 3 is 2.52 bits per heavy atom. The molecule has 0 saturated carbocycles. The Balaban J connectivity index is 0.00000261. The van der Waals surface area contributed by atoms with Crippen LogP contribution in [0, 0.1) is 5.82 Å². The minimum atomic E-state index is -0.264. The molecule has 6 N–H and O–H groups in total. The molecule has 0 fully saturated rings. The van der Waals surface area contributed by atoms with Gasteiger partial charge in [0.15, 0.2) is 0 Å². The van der Waals surface area contributed by atoms with Crippen molar-refractivity contribution in [3.8, 4) is 11.1 Å². The number of benzene rings is 2. The zero-order chi connectivity index (χ0) is 18.5. The van der Waals surface area contributed by atoms with Crippen LogP contribution in [0.2, 0.25) is 0 Å². The van der Waals surface area contributed by atoms with Crippen LogP contribution in [0.5, 0.6) is 0 Å². The molecule has 2 aromatic carbocycles. The third kappa shape index (κ3) is 5.29. The predicted octanol–water partition coefficient (Wildman–Crippen LogP) is 3.19. The number of aromatic nitrogens is 1. The van der Waals surface area contributed by atoms with E-state index >= 15 is 0 Å². The summed E-state index contributed by atoms with van der Waals surface area (Å²) in [6.45, 7) is 1.01. The van der Waals surface area contributed by atoms with Crippen LogP contribution >= 0.6 is 12.4 Å². The second-order valence-electron chi connectivity index (χ2n) is 6.39. The average molecular weight is 391 g/mol. The molecule has 27 heavy (non-hydrogen) atoms. The van der Waals surface area contributed by atoms with Crippen LogP contribution < -0.4 is 16.8 Å². The van der Waals surface area contributed by atoms with Gasteiger partial charge in [0.05, 0.1) is 0 Å². The van der Waals surface area contributed by atoms with Gasteiger partial charge in [-0.3, -0.25) is 4.79 Å². The third-order valence-corrected chi connectivity index (χ3v) is 4.35. The van der Waals surface area contributed by atoms with E-state index in [0.29, 0.717) is 18.8 Å². The number of carbonyl (C=O) groups excluding carboxylic acids is 1. The Labute approximate surface area is 163 Å². The molecular weight excluding hydrogens is 367 g/mol. The molecule has 3 rings (SSSR count). The fraction of sp³-hybridized carbons (Fsp3) is 0.250. The molecule has 0 saturated heterocycles. The first-order valence-corrected chi connectivity index (χ1v) is 8.69. The zero-order valence-corrected chi connectivity index (χ0v) is 15.7. The van der Waals surface area contributed by atoms with Gasteiger partial charge in [0.25, 0.3) is 5.91 Å². The highest BCUT2D eigenvalue weighted by Gasteiger charge is 2.11. The standard InChI is InChI=1S/C20H23FN4O.ClH/c21-16-6-3-13(4-7-16)14-5-8-18-15(10-14)11-19(25-18)20(26)24-12-17(23)2-1-9-22;/h3-8,10-11,17,25H,1-2,9,12,22-23H2,(H,24,26);1H. The van der Waals surface area contributed by atoms with Gasteiger partial charge >= 0.3 is 0 Å². The van der Waals surface area contributed by atoms with Crippen molar-refractivity contribution in [2.45, 2.75) is 18.9 Å². The maximum Gasteiger partial charge on any atom is 0.267 e. The highest BCUT2D eigenvalue weighted by molar-refractivity contribution is 5.98. The zero-order valence-electron chi connectivity index (χ0n) is 14.9. The van der Waals surface area contributed by atoms with Gasteiger partial charge in [0, 0.05) is 23.5 Å². The largest absolute Gasteiger partial charge is 0.351 e. The summed E-state index contributed by atoms with van der Waals surface area (Å²) in [5.74, 6) is -0.451. The van der Waals surface area contributed by atoms with Crippen LogP contribution in [0.3, 0.4) is 0 Å². The van der Waals surface area contributed by atoms with Gasteiger partial charge in [0.2, 0.25) is 0 Å². The number of nitrogens with two attached hydrogens (primary N) is 2. The molecule has 0 aliphatic rings. The topological polar surface area (TPSA) is 96.9 Å². The highest BCUT2D eigenvalue weighted by atomic mass is 35.5. The van der Waals surface area contributed by atoms with E-state index in [1.165, 1.54) is 12.1 Å². The van der Waals surface area contributed by atoms with E-state index in [2.05, 4.69) is 10.3 Å². The lowest BCUT2D eigenvalue weighted by Crippen LogP contribution is -2.37. The number of amides is 1. The SMILES string of the molecule is Cl.NCCCC(N)CNC(=O)c1cc2cc(-c3ccc(F)cc3)ccc2[nH]1. The number of fused-ring (bicyclic) bond motifs is 1. The Hall–Kier alpha value is -2.41. The third-order valence-electron chi connectivity index (χ3n) is 4.35. The van der Waals surface area contributed by atoms with Crippen molar-refractivity contribution in [3.05, 3.63) is 60.0 Å². The molecule has 1 heterocycles. The van der Waals surface area contributed by atoms with Crippen LogP contribution in [0.1, 0.15) is 23.3 Å². The monoisotopic (exact) mass is 390 g/mol. The molecule has 7 heteroatoms. The quantitative estimate of drug-likeness (QED) is 0.498. The Bertz CT molecular complexity index is 895. The van der Waals surface area contributed by atoms with Crippen molar-refractivity contribution in [2.24, 2.45) is 11.5 Å². The summed E-state index contributed by atoms with van der Waals surface area (Å²) in [5.41, 5.74) is 14.7. The molecule has 1 unspecified atom stereocenters. The van der Waals surface area contributed by atoms with Crippen molar-refractivity contribution in [1.29, 1.82) is 0 Å². The fourth-order valence-corrected chi connectivity index (χ4v) is 2.88. The molecule has 0 bridgehead atoms. The molecule has 3 aromatic rings. The Morgan fingerprint density at radius 1 is 1.11 bits per heavy atom. The van der Waals surface area contributed by atoms with Gasteiger partial charge in [-0.15, -0.1) is 12.4 Å². The van der Waals surface area contributed by atoms with Crippen LogP contribution in [0.25, 0.3) is 22.0 Å². The summed E-state index contributed by atoms with van der Waals surface area (Å²) in [4.78, 5) is 15.4. The van der Waals surface area contributed by atoms with E-state index in [1.54, 1.807) is 12.1 Å². The minimum absolute atomic E-state index is 0. The van der Waals surface area contributed by atoms with Crippen LogP contribution in [0.15, 0.2) is 48.5 Å². The van der Waals surface area contributed by atoms with Crippen molar-refractivity contribution in [2.75, 3.05) is 13.1 Å². The number of H-pyrrole nitrogens is 1. The van der Waals surface area contributed by atoms with E-state index in [4.69, 9.17) is 11.5 Å². The van der Waals surface area contributed by atoms with E-state index in [9.17, 15) is 9.18 Å². The molecule has 0 aliphatic heterocycles. The molecular formula is C20H24ClFN4O. The first-order chi connectivity index (χ1) is 12.6. The number of hydrogen-bond donors (Lipinski definition) is 4. The fourth-order valence-electron chi connectivity index (χ4n) is 2.88. The lowest BCUT2D eigenvalue weighted by molar-refractivity contribution is 0.0946. The van der Waals surface area contributed by atoms with E-state index < -0.39 is 0 Å². The molecule has 0 aliphatic carbocycles. The number of nitrogens with one attached hydrogen (secondary N) is 2. The van der Waals surface area contributed by atoms with Gasteiger partial charge < -0.3 is 21.8 Å². The van der Waals surface area contributed by atoms with Gasteiger partial charge in [0.1, 0.15) is 11.5 Å². The molecule has 1 atom stereocenters.